The molecule has 14 heavy (non-hydrogen) atoms. The van der Waals surface area contributed by atoms with E-state index in [1.165, 1.54) is 19.2 Å². The van der Waals surface area contributed by atoms with Crippen LogP contribution in [-0.2, 0) is 0 Å². The van der Waals surface area contributed by atoms with Gasteiger partial charge in [0, 0.05) is 36.7 Å². The number of rotatable bonds is 2. The lowest BCUT2D eigenvalue weighted by Crippen LogP contribution is -2.40. The highest BCUT2D eigenvalue weighted by Gasteiger charge is 2.26. The number of ether oxygens (including phenoxy) is 1. The average Bonchev–Trinajstić information content (AvgIpc) is 2.07. The number of methoxy groups -OCH3 is 1. The van der Waals surface area contributed by atoms with Gasteiger partial charge in [0.2, 0.25) is 0 Å². The second-order valence-electron chi connectivity index (χ2n) is 3.36. The SMILES string of the molecule is COc1cc(F)c(C2CNC2)c(F)c1. The molecular formula is C10H11F2NO. The highest BCUT2D eigenvalue weighted by molar-refractivity contribution is 5.34. The van der Waals surface area contributed by atoms with E-state index < -0.39 is 11.6 Å². The molecule has 4 heteroatoms. The molecule has 0 atom stereocenters. The van der Waals surface area contributed by atoms with Gasteiger partial charge < -0.3 is 10.1 Å². The molecule has 1 saturated heterocycles. The van der Waals surface area contributed by atoms with Crippen LogP contribution in [0, 0.1) is 11.6 Å². The third-order valence-electron chi connectivity index (χ3n) is 2.48. The summed E-state index contributed by atoms with van der Waals surface area (Å²) >= 11 is 0. The molecule has 0 unspecified atom stereocenters. The van der Waals surface area contributed by atoms with Crippen LogP contribution >= 0.6 is 0 Å². The first-order valence-corrected chi connectivity index (χ1v) is 4.46. The van der Waals surface area contributed by atoms with Gasteiger partial charge in [-0.2, -0.15) is 0 Å². The van der Waals surface area contributed by atoms with Crippen molar-refractivity contribution >= 4 is 0 Å². The molecule has 1 aromatic rings. The lowest BCUT2D eigenvalue weighted by atomic mass is 9.92. The van der Waals surface area contributed by atoms with Crippen LogP contribution in [0.25, 0.3) is 0 Å². The first kappa shape index (κ1) is 9.40. The predicted octanol–water partition coefficient (Wildman–Crippen LogP) is 1.66. The largest absolute Gasteiger partial charge is 0.497 e. The quantitative estimate of drug-likeness (QED) is 0.782. The van der Waals surface area contributed by atoms with Gasteiger partial charge in [-0.3, -0.25) is 0 Å². The zero-order valence-corrected chi connectivity index (χ0v) is 7.81. The summed E-state index contributed by atoms with van der Waals surface area (Å²) in [6.07, 6.45) is 0. The van der Waals surface area contributed by atoms with Crippen molar-refractivity contribution in [2.24, 2.45) is 0 Å². The Morgan fingerprint density at radius 3 is 2.21 bits per heavy atom. The van der Waals surface area contributed by atoms with E-state index in [1.54, 1.807) is 0 Å². The van der Waals surface area contributed by atoms with E-state index in [0.29, 0.717) is 13.1 Å². The second kappa shape index (κ2) is 3.53. The Morgan fingerprint density at radius 1 is 1.29 bits per heavy atom. The van der Waals surface area contributed by atoms with Crippen molar-refractivity contribution in [1.82, 2.24) is 5.32 Å². The average molecular weight is 199 g/mol. The van der Waals surface area contributed by atoms with Crippen LogP contribution in [0.4, 0.5) is 8.78 Å². The summed E-state index contributed by atoms with van der Waals surface area (Å²) < 4.78 is 31.6. The fraction of sp³-hybridized carbons (Fsp3) is 0.400. The molecule has 1 aromatic carbocycles. The fourth-order valence-electron chi connectivity index (χ4n) is 1.56. The molecule has 1 fully saturated rings. The Morgan fingerprint density at radius 2 is 1.86 bits per heavy atom. The molecule has 1 aliphatic rings. The number of hydrogen-bond acceptors (Lipinski definition) is 2. The third kappa shape index (κ3) is 1.46. The van der Waals surface area contributed by atoms with Crippen molar-refractivity contribution in [1.29, 1.82) is 0 Å². The lowest BCUT2D eigenvalue weighted by molar-refractivity contribution is 0.389. The Bertz CT molecular complexity index is 327. The van der Waals surface area contributed by atoms with E-state index >= 15 is 0 Å². The second-order valence-corrected chi connectivity index (χ2v) is 3.36. The first-order valence-electron chi connectivity index (χ1n) is 4.46. The Hall–Kier alpha value is -1.16. The molecule has 0 bridgehead atoms. The summed E-state index contributed by atoms with van der Waals surface area (Å²) in [5.74, 6) is -0.862. The van der Waals surface area contributed by atoms with Gasteiger partial charge in [-0.25, -0.2) is 8.78 Å². The van der Waals surface area contributed by atoms with E-state index in [4.69, 9.17) is 4.74 Å². The predicted molar refractivity (Wildman–Crippen MR) is 48.5 cm³/mol. The van der Waals surface area contributed by atoms with E-state index in [0.717, 1.165) is 0 Å². The molecule has 0 radical (unpaired) electrons. The van der Waals surface area contributed by atoms with Crippen LogP contribution < -0.4 is 10.1 Å². The van der Waals surface area contributed by atoms with Crippen LogP contribution in [0.1, 0.15) is 11.5 Å². The molecule has 0 aliphatic carbocycles. The monoisotopic (exact) mass is 199 g/mol. The molecule has 1 heterocycles. The molecule has 2 nitrogen and oxygen atoms in total. The van der Waals surface area contributed by atoms with Gasteiger partial charge in [0.15, 0.2) is 0 Å². The number of halogens is 2. The van der Waals surface area contributed by atoms with E-state index in [2.05, 4.69) is 5.32 Å². The van der Waals surface area contributed by atoms with Crippen LogP contribution in [0.2, 0.25) is 0 Å². The summed E-state index contributed by atoms with van der Waals surface area (Å²) in [6, 6.07) is 2.44. The fourth-order valence-corrected chi connectivity index (χ4v) is 1.56. The van der Waals surface area contributed by atoms with Crippen LogP contribution in [0.15, 0.2) is 12.1 Å². The minimum absolute atomic E-state index is 0.0408. The summed E-state index contributed by atoms with van der Waals surface area (Å²) in [5, 5.41) is 2.98. The number of hydrogen-bond donors (Lipinski definition) is 1. The molecule has 0 amide bonds. The van der Waals surface area contributed by atoms with Crippen molar-refractivity contribution in [3.05, 3.63) is 29.3 Å². The highest BCUT2D eigenvalue weighted by Crippen LogP contribution is 2.28. The van der Waals surface area contributed by atoms with Crippen molar-refractivity contribution < 1.29 is 13.5 Å². The Labute approximate surface area is 80.9 Å². The number of benzene rings is 1. The summed E-state index contributed by atoms with van der Waals surface area (Å²) in [4.78, 5) is 0. The zero-order valence-electron chi connectivity index (χ0n) is 7.81. The standard InChI is InChI=1S/C10H11F2NO/c1-14-7-2-8(11)10(9(12)3-7)6-4-13-5-6/h2-3,6,13H,4-5H2,1H3. The van der Waals surface area contributed by atoms with Gasteiger partial charge in [0.05, 0.1) is 7.11 Å². The third-order valence-corrected chi connectivity index (χ3v) is 2.48. The van der Waals surface area contributed by atoms with E-state index in [-0.39, 0.29) is 17.2 Å². The van der Waals surface area contributed by atoms with Crippen molar-refractivity contribution in [2.45, 2.75) is 5.92 Å². The molecule has 0 saturated carbocycles. The summed E-state index contributed by atoms with van der Waals surface area (Å²) in [7, 11) is 1.39. The molecular weight excluding hydrogens is 188 g/mol. The molecule has 2 rings (SSSR count). The van der Waals surface area contributed by atoms with Gasteiger partial charge in [-0.15, -0.1) is 0 Å². The zero-order chi connectivity index (χ0) is 10.1. The van der Waals surface area contributed by atoms with E-state index in [1.807, 2.05) is 0 Å². The molecule has 1 N–H and O–H groups in total. The van der Waals surface area contributed by atoms with Gasteiger partial charge in [0.25, 0.3) is 0 Å². The van der Waals surface area contributed by atoms with E-state index in [9.17, 15) is 8.78 Å². The van der Waals surface area contributed by atoms with Gasteiger partial charge in [0.1, 0.15) is 17.4 Å². The van der Waals surface area contributed by atoms with Crippen molar-refractivity contribution in [2.75, 3.05) is 20.2 Å². The minimum atomic E-state index is -0.520. The highest BCUT2D eigenvalue weighted by atomic mass is 19.1. The van der Waals surface area contributed by atoms with Crippen LogP contribution in [0.5, 0.6) is 5.75 Å². The van der Waals surface area contributed by atoms with Crippen LogP contribution in [-0.4, -0.2) is 20.2 Å². The molecule has 0 spiro atoms. The summed E-state index contributed by atoms with van der Waals surface area (Å²) in [6.45, 7) is 1.28. The smallest absolute Gasteiger partial charge is 0.133 e. The maximum Gasteiger partial charge on any atom is 0.133 e. The van der Waals surface area contributed by atoms with Gasteiger partial charge in [-0.05, 0) is 0 Å². The maximum atomic E-state index is 13.4. The van der Waals surface area contributed by atoms with Crippen molar-refractivity contribution in [3.8, 4) is 5.75 Å². The Balaban J connectivity index is 2.39. The molecule has 0 aromatic heterocycles. The first-order chi connectivity index (χ1) is 6.72. The molecule has 76 valence electrons. The lowest BCUT2D eigenvalue weighted by Gasteiger charge is -2.28. The maximum absolute atomic E-state index is 13.4. The minimum Gasteiger partial charge on any atom is -0.497 e. The van der Waals surface area contributed by atoms with Crippen molar-refractivity contribution in [3.63, 3.8) is 0 Å². The van der Waals surface area contributed by atoms with Gasteiger partial charge in [-0.1, -0.05) is 0 Å². The molecule has 1 aliphatic heterocycles. The summed E-state index contributed by atoms with van der Waals surface area (Å²) in [5.41, 5.74) is 0.171. The normalized spacial score (nSPS) is 16.5. The van der Waals surface area contributed by atoms with Gasteiger partial charge >= 0.3 is 0 Å². The topological polar surface area (TPSA) is 21.3 Å². The number of nitrogens with one attached hydrogen (secondary N) is 1. The Kier molecular flexibility index (Phi) is 2.37. The van der Waals surface area contributed by atoms with Crippen LogP contribution in [0.3, 0.4) is 0 Å².